The zero-order valence-corrected chi connectivity index (χ0v) is 14.1. The van der Waals surface area contributed by atoms with Gasteiger partial charge in [-0.3, -0.25) is 10.00 Å². The Bertz CT molecular complexity index is 707. The van der Waals surface area contributed by atoms with Crippen LogP contribution in [-0.2, 0) is 13.5 Å². The zero-order chi connectivity index (χ0) is 17.2. The van der Waals surface area contributed by atoms with Crippen molar-refractivity contribution in [2.45, 2.75) is 32.3 Å². The van der Waals surface area contributed by atoms with Crippen LogP contribution in [0, 0.1) is 5.41 Å². The maximum absolute atomic E-state index is 12.2. The highest BCUT2D eigenvalue weighted by molar-refractivity contribution is 5.88. The summed E-state index contributed by atoms with van der Waals surface area (Å²) >= 11 is 0. The van der Waals surface area contributed by atoms with Crippen molar-refractivity contribution in [2.24, 2.45) is 12.5 Å². The summed E-state index contributed by atoms with van der Waals surface area (Å²) in [6, 6.07) is 11.2. The van der Waals surface area contributed by atoms with Gasteiger partial charge in [-0.15, -0.1) is 0 Å². The van der Waals surface area contributed by atoms with Gasteiger partial charge in [-0.25, -0.2) is 4.79 Å². The van der Waals surface area contributed by atoms with Crippen LogP contribution in [0.5, 0.6) is 0 Å². The van der Waals surface area contributed by atoms with Crippen LogP contribution in [0.3, 0.4) is 0 Å². The third-order valence-corrected chi connectivity index (χ3v) is 4.72. The molecule has 0 spiro atoms. The minimum atomic E-state index is -0.553. The smallest absolute Gasteiger partial charge is 0.320 e. The number of aliphatic hydroxyl groups is 1. The summed E-state index contributed by atoms with van der Waals surface area (Å²) < 4.78 is 1.66. The summed E-state index contributed by atoms with van der Waals surface area (Å²) in [5.41, 5.74) is 1.59. The van der Waals surface area contributed by atoms with E-state index < -0.39 is 6.10 Å². The third-order valence-electron chi connectivity index (χ3n) is 4.72. The highest BCUT2D eigenvalue weighted by Crippen LogP contribution is 2.54. The molecule has 128 valence electrons. The van der Waals surface area contributed by atoms with E-state index in [1.807, 2.05) is 43.3 Å². The number of aliphatic hydroxyl groups excluding tert-OH is 1. The molecule has 6 heteroatoms. The quantitative estimate of drug-likeness (QED) is 0.762. The van der Waals surface area contributed by atoms with Gasteiger partial charge in [-0.05, 0) is 24.8 Å². The van der Waals surface area contributed by atoms with E-state index in [0.717, 1.165) is 30.5 Å². The Kier molecular flexibility index (Phi) is 4.57. The van der Waals surface area contributed by atoms with Crippen LogP contribution < -0.4 is 10.6 Å². The minimum absolute atomic E-state index is 0.250. The van der Waals surface area contributed by atoms with Crippen LogP contribution >= 0.6 is 0 Å². The lowest BCUT2D eigenvalue weighted by molar-refractivity contribution is 0.0936. The number of nitrogens with one attached hydrogen (secondary N) is 2. The van der Waals surface area contributed by atoms with Gasteiger partial charge < -0.3 is 10.4 Å². The molecule has 1 aliphatic carbocycles. The van der Waals surface area contributed by atoms with Crippen LogP contribution in [0.4, 0.5) is 10.6 Å². The lowest BCUT2D eigenvalue weighted by Crippen LogP contribution is -2.36. The lowest BCUT2D eigenvalue weighted by Gasteiger charge is -2.23. The number of carbonyl (C=O) groups is 1. The molecule has 2 amide bonds. The molecule has 24 heavy (non-hydrogen) atoms. The molecular formula is C18H24N4O2. The summed E-state index contributed by atoms with van der Waals surface area (Å²) in [4.78, 5) is 12.2. The van der Waals surface area contributed by atoms with E-state index >= 15 is 0 Å². The van der Waals surface area contributed by atoms with Gasteiger partial charge in [0.25, 0.3) is 0 Å². The number of benzene rings is 1. The second kappa shape index (κ2) is 6.65. The summed E-state index contributed by atoms with van der Waals surface area (Å²) in [5, 5.41) is 20.6. The number of hydrogen-bond acceptors (Lipinski definition) is 3. The molecule has 1 heterocycles. The molecule has 6 nitrogen and oxygen atoms in total. The van der Waals surface area contributed by atoms with Gasteiger partial charge in [0.05, 0.1) is 11.8 Å². The first kappa shape index (κ1) is 16.5. The molecule has 3 rings (SSSR count). The summed E-state index contributed by atoms with van der Waals surface area (Å²) in [6.07, 6.45) is 2.09. The van der Waals surface area contributed by atoms with E-state index in [4.69, 9.17) is 0 Å². The Morgan fingerprint density at radius 1 is 1.38 bits per heavy atom. The first-order valence-electron chi connectivity index (χ1n) is 8.35. The topological polar surface area (TPSA) is 79.2 Å². The number of rotatable bonds is 6. The molecule has 1 atom stereocenters. The number of nitrogens with zero attached hydrogens (tertiary/aromatic N) is 2. The maximum atomic E-state index is 12.2. The van der Waals surface area contributed by atoms with Crippen LogP contribution in [-0.4, -0.2) is 27.5 Å². The maximum Gasteiger partial charge on any atom is 0.320 e. The fourth-order valence-corrected chi connectivity index (χ4v) is 2.93. The first-order chi connectivity index (χ1) is 11.5. The molecule has 1 fully saturated rings. The molecule has 0 saturated heterocycles. The molecular weight excluding hydrogens is 304 g/mol. The summed E-state index contributed by atoms with van der Waals surface area (Å²) in [7, 11) is 1.80. The van der Waals surface area contributed by atoms with Gasteiger partial charge >= 0.3 is 6.03 Å². The minimum Gasteiger partial charge on any atom is -0.388 e. The average molecular weight is 328 g/mol. The summed E-state index contributed by atoms with van der Waals surface area (Å²) in [5.74, 6) is 0.665. The molecule has 2 aromatic rings. The normalized spacial score (nSPS) is 16.5. The number of urea groups is 1. The van der Waals surface area contributed by atoms with E-state index in [1.165, 1.54) is 0 Å². The molecule has 0 aliphatic heterocycles. The SMILES string of the molecule is CCc1cc(NC(=O)NCC2(C(O)c3ccccc3)CC2)n(C)n1. The molecule has 1 saturated carbocycles. The second-order valence-electron chi connectivity index (χ2n) is 6.48. The average Bonchev–Trinajstić information content (AvgIpc) is 3.32. The van der Waals surface area contributed by atoms with Gasteiger partial charge in [0.2, 0.25) is 0 Å². The van der Waals surface area contributed by atoms with Crippen molar-refractivity contribution in [3.8, 4) is 0 Å². The molecule has 1 aliphatic rings. The van der Waals surface area contributed by atoms with Crippen molar-refractivity contribution in [1.82, 2.24) is 15.1 Å². The Labute approximate surface area is 141 Å². The van der Waals surface area contributed by atoms with Crippen molar-refractivity contribution >= 4 is 11.8 Å². The van der Waals surface area contributed by atoms with E-state index in [9.17, 15) is 9.90 Å². The number of amides is 2. The zero-order valence-electron chi connectivity index (χ0n) is 14.1. The largest absolute Gasteiger partial charge is 0.388 e. The Balaban J connectivity index is 1.57. The molecule has 1 unspecified atom stereocenters. The number of aryl methyl sites for hydroxylation is 2. The van der Waals surface area contributed by atoms with Crippen molar-refractivity contribution in [3.63, 3.8) is 0 Å². The van der Waals surface area contributed by atoms with Crippen molar-refractivity contribution < 1.29 is 9.90 Å². The van der Waals surface area contributed by atoms with Crippen LogP contribution in [0.15, 0.2) is 36.4 Å². The van der Waals surface area contributed by atoms with E-state index in [2.05, 4.69) is 15.7 Å². The lowest BCUT2D eigenvalue weighted by atomic mass is 9.93. The van der Waals surface area contributed by atoms with Crippen molar-refractivity contribution in [3.05, 3.63) is 47.7 Å². The third kappa shape index (κ3) is 3.43. The molecule has 1 aromatic heterocycles. The number of anilines is 1. The highest BCUT2D eigenvalue weighted by Gasteiger charge is 2.49. The van der Waals surface area contributed by atoms with Crippen LogP contribution in [0.2, 0.25) is 0 Å². The predicted octanol–water partition coefficient (Wildman–Crippen LogP) is 2.62. The number of aromatic nitrogens is 2. The Morgan fingerprint density at radius 3 is 2.67 bits per heavy atom. The fraction of sp³-hybridized carbons (Fsp3) is 0.444. The van der Waals surface area contributed by atoms with Gasteiger partial charge in [0.15, 0.2) is 0 Å². The van der Waals surface area contributed by atoms with Crippen LogP contribution in [0.1, 0.15) is 37.1 Å². The second-order valence-corrected chi connectivity index (χ2v) is 6.48. The molecule has 0 radical (unpaired) electrons. The first-order valence-corrected chi connectivity index (χ1v) is 8.35. The van der Waals surface area contributed by atoms with Crippen LogP contribution in [0.25, 0.3) is 0 Å². The van der Waals surface area contributed by atoms with E-state index in [-0.39, 0.29) is 11.4 Å². The molecule has 3 N–H and O–H groups in total. The van der Waals surface area contributed by atoms with E-state index in [1.54, 1.807) is 11.7 Å². The van der Waals surface area contributed by atoms with E-state index in [0.29, 0.717) is 12.4 Å². The fourth-order valence-electron chi connectivity index (χ4n) is 2.93. The molecule has 0 bridgehead atoms. The standard InChI is InChI=1S/C18H24N4O2/c1-3-14-11-15(22(2)21-14)20-17(24)19-12-18(9-10-18)16(23)13-7-5-4-6-8-13/h4-8,11,16,23H,3,9-10,12H2,1-2H3,(H2,19,20,24). The van der Waals surface area contributed by atoms with Gasteiger partial charge in [-0.2, -0.15) is 5.10 Å². The monoisotopic (exact) mass is 328 g/mol. The Morgan fingerprint density at radius 2 is 2.08 bits per heavy atom. The summed E-state index contributed by atoms with van der Waals surface area (Å²) in [6.45, 7) is 2.47. The predicted molar refractivity (Wildman–Crippen MR) is 92.7 cm³/mol. The van der Waals surface area contributed by atoms with Crippen molar-refractivity contribution in [1.29, 1.82) is 0 Å². The van der Waals surface area contributed by atoms with Gasteiger partial charge in [0.1, 0.15) is 5.82 Å². The number of hydrogen-bond donors (Lipinski definition) is 3. The Hall–Kier alpha value is -2.34. The highest BCUT2D eigenvalue weighted by atomic mass is 16.3. The van der Waals surface area contributed by atoms with Gasteiger partial charge in [-0.1, -0.05) is 37.3 Å². The van der Waals surface area contributed by atoms with Crippen molar-refractivity contribution in [2.75, 3.05) is 11.9 Å². The van der Waals surface area contributed by atoms with Gasteiger partial charge in [0, 0.05) is 25.1 Å². The molecule has 1 aromatic carbocycles. The number of carbonyl (C=O) groups excluding carboxylic acids is 1.